The number of likely N-dealkylation sites (N-methyl/N-ethyl adjacent to an activating group) is 1. The Morgan fingerprint density at radius 3 is 2.36 bits per heavy atom. The van der Waals surface area contributed by atoms with E-state index in [1.54, 1.807) is 12.1 Å². The third-order valence-electron chi connectivity index (χ3n) is 3.73. The lowest BCUT2D eigenvalue weighted by molar-refractivity contribution is -0.132. The maximum absolute atomic E-state index is 12.3. The molecule has 1 fully saturated rings. The van der Waals surface area contributed by atoms with E-state index in [1.165, 1.54) is 0 Å². The molecule has 0 unspecified atom stereocenters. The normalized spacial score (nSPS) is 15.6. The van der Waals surface area contributed by atoms with Crippen LogP contribution in [0, 0.1) is 0 Å². The van der Waals surface area contributed by atoms with E-state index >= 15 is 0 Å². The molecule has 1 aliphatic rings. The Bertz CT molecular complexity index is 511. The summed E-state index contributed by atoms with van der Waals surface area (Å²) in [6.45, 7) is 5.79. The van der Waals surface area contributed by atoms with Gasteiger partial charge in [0.2, 0.25) is 11.8 Å². The summed E-state index contributed by atoms with van der Waals surface area (Å²) in [5.74, 6) is 0.170. The number of nitrogens with zero attached hydrogens (tertiary/aromatic N) is 2. The van der Waals surface area contributed by atoms with Crippen LogP contribution in [0.4, 0.5) is 0 Å². The van der Waals surface area contributed by atoms with Crippen molar-refractivity contribution in [2.75, 3.05) is 39.3 Å². The second-order valence-corrected chi connectivity index (χ2v) is 5.85. The molecule has 22 heavy (non-hydrogen) atoms. The van der Waals surface area contributed by atoms with Crippen molar-refractivity contribution >= 4 is 23.4 Å². The van der Waals surface area contributed by atoms with Crippen LogP contribution < -0.4 is 5.32 Å². The van der Waals surface area contributed by atoms with Gasteiger partial charge in [0.25, 0.3) is 0 Å². The molecule has 5 nitrogen and oxygen atoms in total. The van der Waals surface area contributed by atoms with Gasteiger partial charge in [0, 0.05) is 37.7 Å². The highest BCUT2D eigenvalue weighted by molar-refractivity contribution is 6.30. The van der Waals surface area contributed by atoms with Gasteiger partial charge in [-0.1, -0.05) is 23.7 Å². The number of amides is 2. The molecule has 1 aromatic rings. The number of rotatable bonds is 5. The fraction of sp³-hybridized carbons (Fsp3) is 0.500. The number of carbonyl (C=O) groups is 2. The molecule has 1 saturated heterocycles. The quantitative estimate of drug-likeness (QED) is 0.885. The Kier molecular flexibility index (Phi) is 6.21. The summed E-state index contributed by atoms with van der Waals surface area (Å²) in [5.41, 5.74) is 0.971. The van der Waals surface area contributed by atoms with Gasteiger partial charge in [-0.05, 0) is 24.6 Å². The highest BCUT2D eigenvalue weighted by Crippen LogP contribution is 2.11. The molecule has 0 atom stereocenters. The summed E-state index contributed by atoms with van der Waals surface area (Å²) in [4.78, 5) is 27.8. The lowest BCUT2D eigenvalue weighted by Gasteiger charge is -2.34. The second kappa shape index (κ2) is 8.15. The van der Waals surface area contributed by atoms with Crippen LogP contribution in [0.2, 0.25) is 5.02 Å². The molecule has 1 aromatic carbocycles. The molecule has 0 bridgehead atoms. The van der Waals surface area contributed by atoms with Crippen LogP contribution >= 0.6 is 11.6 Å². The zero-order valence-corrected chi connectivity index (χ0v) is 13.6. The van der Waals surface area contributed by atoms with Crippen LogP contribution in [0.1, 0.15) is 12.5 Å². The number of carbonyl (C=O) groups excluding carboxylic acids is 2. The fourth-order valence-corrected chi connectivity index (χ4v) is 2.63. The maximum atomic E-state index is 12.3. The van der Waals surface area contributed by atoms with E-state index in [0.29, 0.717) is 37.6 Å². The smallest absolute Gasteiger partial charge is 0.234 e. The number of halogens is 1. The molecule has 0 aromatic heterocycles. The summed E-state index contributed by atoms with van der Waals surface area (Å²) in [6, 6.07) is 7.36. The zero-order chi connectivity index (χ0) is 15.9. The first-order valence-corrected chi connectivity index (χ1v) is 7.97. The minimum atomic E-state index is 0.0449. The van der Waals surface area contributed by atoms with E-state index in [-0.39, 0.29) is 11.8 Å². The first kappa shape index (κ1) is 16.8. The van der Waals surface area contributed by atoms with Gasteiger partial charge in [-0.3, -0.25) is 14.5 Å². The van der Waals surface area contributed by atoms with Gasteiger partial charge in [0.05, 0.1) is 13.0 Å². The van der Waals surface area contributed by atoms with Gasteiger partial charge in [0.1, 0.15) is 0 Å². The van der Waals surface area contributed by atoms with E-state index in [2.05, 4.69) is 10.2 Å². The highest BCUT2D eigenvalue weighted by atomic mass is 35.5. The van der Waals surface area contributed by atoms with E-state index in [0.717, 1.165) is 18.7 Å². The number of hydrogen-bond donors (Lipinski definition) is 1. The molecule has 1 N–H and O–H groups in total. The minimum absolute atomic E-state index is 0.0449. The predicted octanol–water partition coefficient (Wildman–Crippen LogP) is 1.16. The monoisotopic (exact) mass is 323 g/mol. The highest BCUT2D eigenvalue weighted by Gasteiger charge is 2.22. The SMILES string of the molecule is CCNC(=O)CN1CCN(C(=O)Cc2ccc(Cl)cc2)CC1. The van der Waals surface area contributed by atoms with Crippen molar-refractivity contribution in [2.24, 2.45) is 0 Å². The Hall–Kier alpha value is -1.59. The molecular formula is C16H22ClN3O2. The molecular weight excluding hydrogens is 302 g/mol. The van der Waals surface area contributed by atoms with Crippen LogP contribution in [-0.2, 0) is 16.0 Å². The molecule has 2 amide bonds. The summed E-state index contributed by atoms with van der Waals surface area (Å²) in [6.07, 6.45) is 0.396. The van der Waals surface area contributed by atoms with Crippen LogP contribution in [0.25, 0.3) is 0 Å². The molecule has 2 rings (SSSR count). The molecule has 0 radical (unpaired) electrons. The van der Waals surface area contributed by atoms with E-state index in [9.17, 15) is 9.59 Å². The number of hydrogen-bond acceptors (Lipinski definition) is 3. The number of benzene rings is 1. The Morgan fingerprint density at radius 2 is 1.77 bits per heavy atom. The lowest BCUT2D eigenvalue weighted by atomic mass is 10.1. The Morgan fingerprint density at radius 1 is 1.14 bits per heavy atom. The first-order chi connectivity index (χ1) is 10.6. The maximum Gasteiger partial charge on any atom is 0.234 e. The predicted molar refractivity (Wildman–Crippen MR) is 86.9 cm³/mol. The largest absolute Gasteiger partial charge is 0.355 e. The number of nitrogens with one attached hydrogen (secondary N) is 1. The molecule has 0 saturated carbocycles. The van der Waals surface area contributed by atoms with Crippen molar-refractivity contribution < 1.29 is 9.59 Å². The second-order valence-electron chi connectivity index (χ2n) is 5.41. The molecule has 0 aliphatic carbocycles. The molecule has 6 heteroatoms. The van der Waals surface area contributed by atoms with Gasteiger partial charge < -0.3 is 10.2 Å². The topological polar surface area (TPSA) is 52.7 Å². The first-order valence-electron chi connectivity index (χ1n) is 7.59. The van der Waals surface area contributed by atoms with Crippen molar-refractivity contribution in [1.82, 2.24) is 15.1 Å². The summed E-state index contributed by atoms with van der Waals surface area (Å²) in [5, 5.41) is 3.47. The van der Waals surface area contributed by atoms with E-state index < -0.39 is 0 Å². The van der Waals surface area contributed by atoms with Crippen molar-refractivity contribution in [1.29, 1.82) is 0 Å². The molecule has 1 aliphatic heterocycles. The lowest BCUT2D eigenvalue weighted by Crippen LogP contribution is -2.51. The van der Waals surface area contributed by atoms with E-state index in [4.69, 9.17) is 11.6 Å². The molecule has 0 spiro atoms. The van der Waals surface area contributed by atoms with Gasteiger partial charge >= 0.3 is 0 Å². The standard InChI is InChI=1S/C16H22ClN3O2/c1-2-18-15(21)12-19-7-9-20(10-8-19)16(22)11-13-3-5-14(17)6-4-13/h3-6H,2,7-12H2,1H3,(H,18,21). The van der Waals surface area contributed by atoms with Gasteiger partial charge in [-0.2, -0.15) is 0 Å². The fourth-order valence-electron chi connectivity index (χ4n) is 2.50. The van der Waals surface area contributed by atoms with Gasteiger partial charge in [0.15, 0.2) is 0 Å². The average Bonchev–Trinajstić information content (AvgIpc) is 2.50. The van der Waals surface area contributed by atoms with Crippen molar-refractivity contribution in [3.05, 3.63) is 34.9 Å². The van der Waals surface area contributed by atoms with Crippen LogP contribution in [0.3, 0.4) is 0 Å². The van der Waals surface area contributed by atoms with Crippen molar-refractivity contribution in [3.8, 4) is 0 Å². The van der Waals surface area contributed by atoms with Gasteiger partial charge in [-0.25, -0.2) is 0 Å². The minimum Gasteiger partial charge on any atom is -0.355 e. The zero-order valence-electron chi connectivity index (χ0n) is 12.8. The van der Waals surface area contributed by atoms with Crippen molar-refractivity contribution in [2.45, 2.75) is 13.3 Å². The van der Waals surface area contributed by atoms with Crippen LogP contribution in [-0.4, -0.2) is 60.9 Å². The molecule has 120 valence electrons. The van der Waals surface area contributed by atoms with Crippen LogP contribution in [0.5, 0.6) is 0 Å². The third kappa shape index (κ3) is 5.00. The Labute approximate surface area is 136 Å². The Balaban J connectivity index is 1.77. The summed E-state index contributed by atoms with van der Waals surface area (Å²) in [7, 11) is 0. The molecule has 1 heterocycles. The third-order valence-corrected chi connectivity index (χ3v) is 3.99. The van der Waals surface area contributed by atoms with Crippen LogP contribution in [0.15, 0.2) is 24.3 Å². The van der Waals surface area contributed by atoms with E-state index in [1.807, 2.05) is 24.0 Å². The number of piperazine rings is 1. The summed E-state index contributed by atoms with van der Waals surface area (Å²) < 4.78 is 0. The summed E-state index contributed by atoms with van der Waals surface area (Å²) >= 11 is 5.84. The van der Waals surface area contributed by atoms with Crippen molar-refractivity contribution in [3.63, 3.8) is 0 Å². The average molecular weight is 324 g/mol. The van der Waals surface area contributed by atoms with Gasteiger partial charge in [-0.15, -0.1) is 0 Å².